The van der Waals surface area contributed by atoms with E-state index in [1.165, 1.54) is 0 Å². The lowest BCUT2D eigenvalue weighted by molar-refractivity contribution is -0.136. The predicted octanol–water partition coefficient (Wildman–Crippen LogP) is 5.42. The van der Waals surface area contributed by atoms with Crippen molar-refractivity contribution in [2.24, 2.45) is 0 Å². The Hall–Kier alpha value is -6.15. The standard InChI is InChI=1S/C46H53N9O5/c1-6-7-30-18-28(4)50-44(58)37(30)23-48-43(57)36-20-32(21-40-38(36)24-49-55(40)27(2)3)31-9-12-41(47-22-31)53-16-14-34(15-17-53)52(5)25-29-8-10-35-33(19-29)26-54(46(35)60)39-11-13-42(56)51-45(39)59/h8-10,12,18-22,24,27,34,39H,6-7,11,13-17,23,25-26H2,1-5H3,(H,48,57)(H,50,58)(H,51,56,59). The van der Waals surface area contributed by atoms with Gasteiger partial charge in [-0.15, -0.1) is 0 Å². The number of aromatic amines is 1. The Morgan fingerprint density at radius 2 is 1.78 bits per heavy atom. The molecular formula is C46H53N9O5. The summed E-state index contributed by atoms with van der Waals surface area (Å²) in [4.78, 5) is 78.2. The Morgan fingerprint density at radius 3 is 2.50 bits per heavy atom. The van der Waals surface area contributed by atoms with Crippen LogP contribution in [0.25, 0.3) is 22.0 Å². The quantitative estimate of drug-likeness (QED) is 0.140. The van der Waals surface area contributed by atoms with Gasteiger partial charge in [0.05, 0.1) is 17.3 Å². The van der Waals surface area contributed by atoms with Gasteiger partial charge >= 0.3 is 0 Å². The van der Waals surface area contributed by atoms with Gasteiger partial charge in [-0.2, -0.15) is 5.10 Å². The van der Waals surface area contributed by atoms with E-state index in [9.17, 15) is 24.0 Å². The van der Waals surface area contributed by atoms with Crippen LogP contribution < -0.4 is 21.1 Å². The van der Waals surface area contributed by atoms with E-state index >= 15 is 0 Å². The minimum Gasteiger partial charge on any atom is -0.357 e. The Balaban J connectivity index is 0.918. The molecule has 3 N–H and O–H groups in total. The molecule has 0 radical (unpaired) electrons. The van der Waals surface area contributed by atoms with E-state index in [-0.39, 0.29) is 42.3 Å². The zero-order valence-electron chi connectivity index (χ0n) is 35.0. The second-order valence-corrected chi connectivity index (χ2v) is 16.8. The number of fused-ring (bicyclic) bond motifs is 2. The number of nitrogens with zero attached hydrogens (tertiary/aromatic N) is 6. The number of imide groups is 1. The molecule has 4 amide bonds. The van der Waals surface area contributed by atoms with Crippen LogP contribution >= 0.6 is 0 Å². The third kappa shape index (κ3) is 8.08. The molecule has 14 nitrogen and oxygen atoms in total. The molecule has 0 saturated carbocycles. The zero-order chi connectivity index (χ0) is 42.2. The van der Waals surface area contributed by atoms with E-state index in [2.05, 4.69) is 76.5 Å². The van der Waals surface area contributed by atoms with Gasteiger partial charge in [0, 0.05) is 85.2 Å². The van der Waals surface area contributed by atoms with Gasteiger partial charge < -0.3 is 20.1 Å². The van der Waals surface area contributed by atoms with E-state index in [1.807, 2.05) is 48.1 Å². The number of piperidine rings is 2. The highest BCUT2D eigenvalue weighted by molar-refractivity contribution is 6.08. The highest BCUT2D eigenvalue weighted by Crippen LogP contribution is 2.32. The van der Waals surface area contributed by atoms with Crippen molar-refractivity contribution in [3.05, 3.63) is 110 Å². The molecule has 3 aromatic heterocycles. The first-order valence-electron chi connectivity index (χ1n) is 21.1. The summed E-state index contributed by atoms with van der Waals surface area (Å²) in [5, 5.41) is 10.8. The van der Waals surface area contributed by atoms with Crippen LogP contribution in [0.15, 0.2) is 65.7 Å². The summed E-state index contributed by atoms with van der Waals surface area (Å²) in [5.41, 5.74) is 7.91. The molecule has 1 atom stereocenters. The van der Waals surface area contributed by atoms with E-state index in [0.717, 1.165) is 95.5 Å². The van der Waals surface area contributed by atoms with Gasteiger partial charge in [0.2, 0.25) is 11.8 Å². The van der Waals surface area contributed by atoms with Crippen molar-refractivity contribution in [3.8, 4) is 11.1 Å². The predicted molar refractivity (Wildman–Crippen MR) is 230 cm³/mol. The number of anilines is 1. The highest BCUT2D eigenvalue weighted by Gasteiger charge is 2.39. The first-order valence-corrected chi connectivity index (χ1v) is 21.1. The summed E-state index contributed by atoms with van der Waals surface area (Å²) in [5.74, 6) is -0.213. The second kappa shape index (κ2) is 16.8. The second-order valence-electron chi connectivity index (χ2n) is 16.8. The summed E-state index contributed by atoms with van der Waals surface area (Å²) < 4.78 is 1.92. The van der Waals surface area contributed by atoms with Crippen LogP contribution in [0.1, 0.15) is 108 Å². The number of amides is 4. The summed E-state index contributed by atoms with van der Waals surface area (Å²) in [6, 6.07) is 15.8. The third-order valence-corrected chi connectivity index (χ3v) is 12.3. The molecule has 6 heterocycles. The normalized spacial score (nSPS) is 17.2. The van der Waals surface area contributed by atoms with E-state index in [0.29, 0.717) is 35.7 Å². The van der Waals surface area contributed by atoms with E-state index in [4.69, 9.17) is 4.98 Å². The van der Waals surface area contributed by atoms with Crippen molar-refractivity contribution >= 4 is 40.3 Å². The molecule has 312 valence electrons. The van der Waals surface area contributed by atoms with Crippen LogP contribution in [0, 0.1) is 6.92 Å². The van der Waals surface area contributed by atoms with Crippen molar-refractivity contribution in [1.82, 2.24) is 40.2 Å². The number of aryl methyl sites for hydroxylation is 2. The fraction of sp³-hybridized carbons (Fsp3) is 0.413. The minimum absolute atomic E-state index is 0.0794. The molecule has 0 spiro atoms. The lowest BCUT2D eigenvalue weighted by atomic mass is 9.99. The fourth-order valence-electron chi connectivity index (χ4n) is 9.07. The molecule has 2 saturated heterocycles. The monoisotopic (exact) mass is 811 g/mol. The SMILES string of the molecule is CCCc1cc(C)[nH]c(=O)c1CNC(=O)c1cc(-c2ccc(N3CCC(N(C)Cc4ccc5c(c4)CN(C4CCC(=O)NC4=O)C5=O)CC3)nc2)cc2c1cnn2C(C)C. The first kappa shape index (κ1) is 40.6. The van der Waals surface area contributed by atoms with Gasteiger partial charge in [0.25, 0.3) is 17.4 Å². The molecule has 60 heavy (non-hydrogen) atoms. The molecule has 8 rings (SSSR count). The van der Waals surface area contributed by atoms with Gasteiger partial charge in [-0.05, 0) is 112 Å². The Bertz CT molecular complexity index is 2530. The van der Waals surface area contributed by atoms with Crippen molar-refractivity contribution < 1.29 is 19.2 Å². The molecule has 0 aliphatic carbocycles. The smallest absolute Gasteiger partial charge is 0.255 e. The molecule has 2 aromatic carbocycles. The number of aromatic nitrogens is 4. The van der Waals surface area contributed by atoms with Gasteiger partial charge in [0.15, 0.2) is 0 Å². The summed E-state index contributed by atoms with van der Waals surface area (Å²) in [7, 11) is 2.14. The number of benzene rings is 2. The molecule has 2 fully saturated rings. The average molecular weight is 812 g/mol. The molecule has 14 heteroatoms. The van der Waals surface area contributed by atoms with Crippen molar-refractivity contribution in [1.29, 1.82) is 0 Å². The maximum Gasteiger partial charge on any atom is 0.255 e. The van der Waals surface area contributed by atoms with Gasteiger partial charge in [0.1, 0.15) is 11.9 Å². The average Bonchev–Trinajstić information content (AvgIpc) is 3.81. The van der Waals surface area contributed by atoms with Crippen LogP contribution in [0.2, 0.25) is 0 Å². The topological polar surface area (TPSA) is 166 Å². The largest absolute Gasteiger partial charge is 0.357 e. The number of carbonyl (C=O) groups is 4. The summed E-state index contributed by atoms with van der Waals surface area (Å²) >= 11 is 0. The number of hydrogen-bond acceptors (Lipinski definition) is 9. The van der Waals surface area contributed by atoms with Gasteiger partial charge in [-0.1, -0.05) is 25.5 Å². The lowest BCUT2D eigenvalue weighted by Gasteiger charge is -2.37. The fourth-order valence-corrected chi connectivity index (χ4v) is 9.07. The number of pyridine rings is 2. The molecule has 0 bridgehead atoms. The molecule has 1 unspecified atom stereocenters. The number of carbonyl (C=O) groups excluding carboxylic acids is 4. The molecule has 3 aliphatic rings. The summed E-state index contributed by atoms with van der Waals surface area (Å²) in [6.45, 7) is 11.0. The molecule has 5 aromatic rings. The number of H-pyrrole nitrogens is 1. The number of nitrogens with one attached hydrogen (secondary N) is 3. The van der Waals surface area contributed by atoms with Crippen LogP contribution in [-0.2, 0) is 35.6 Å². The third-order valence-electron chi connectivity index (χ3n) is 12.3. The van der Waals surface area contributed by atoms with Gasteiger partial charge in [-0.3, -0.25) is 38.9 Å². The van der Waals surface area contributed by atoms with Crippen LogP contribution in [0.4, 0.5) is 5.82 Å². The van der Waals surface area contributed by atoms with E-state index < -0.39 is 11.9 Å². The Kier molecular flexibility index (Phi) is 11.4. The van der Waals surface area contributed by atoms with Crippen LogP contribution in [0.5, 0.6) is 0 Å². The maximum absolute atomic E-state index is 13.9. The number of rotatable bonds is 12. The zero-order valence-corrected chi connectivity index (χ0v) is 35.0. The van der Waals surface area contributed by atoms with Crippen molar-refractivity contribution in [3.63, 3.8) is 0 Å². The Morgan fingerprint density at radius 1 is 0.983 bits per heavy atom. The molecule has 3 aliphatic heterocycles. The van der Waals surface area contributed by atoms with Crippen molar-refractivity contribution in [2.45, 2.75) is 104 Å². The maximum atomic E-state index is 13.9. The highest BCUT2D eigenvalue weighted by atomic mass is 16.2. The molecular weight excluding hydrogens is 759 g/mol. The van der Waals surface area contributed by atoms with Crippen LogP contribution in [-0.4, -0.2) is 85.4 Å². The lowest BCUT2D eigenvalue weighted by Crippen LogP contribution is -2.52. The van der Waals surface area contributed by atoms with Gasteiger partial charge in [-0.25, -0.2) is 4.98 Å². The number of hydrogen-bond donors (Lipinski definition) is 3. The first-order chi connectivity index (χ1) is 28.9. The minimum atomic E-state index is -0.621. The Labute approximate surface area is 349 Å². The van der Waals surface area contributed by atoms with E-state index in [1.54, 1.807) is 11.1 Å². The van der Waals surface area contributed by atoms with Crippen molar-refractivity contribution in [2.75, 3.05) is 25.0 Å². The summed E-state index contributed by atoms with van der Waals surface area (Å²) in [6.07, 6.45) is 7.78. The van der Waals surface area contributed by atoms with Crippen LogP contribution in [0.3, 0.4) is 0 Å².